The molecule has 2 rings (SSSR count). The molecule has 2 N–H and O–H groups in total. The molecular formula is C13H15N3O2. The molecule has 0 atom stereocenters. The number of likely N-dealkylation sites (N-methyl/N-ethyl adjacent to an activating group) is 1. The van der Waals surface area contributed by atoms with Crippen LogP contribution in [0.3, 0.4) is 0 Å². The summed E-state index contributed by atoms with van der Waals surface area (Å²) < 4.78 is 5.23. The highest BCUT2D eigenvalue weighted by atomic mass is 16.6. The molecule has 0 saturated heterocycles. The third-order valence-electron chi connectivity index (χ3n) is 2.44. The van der Waals surface area contributed by atoms with Crippen LogP contribution in [0.1, 0.15) is 0 Å². The first-order chi connectivity index (χ1) is 8.81. The Hall–Kier alpha value is -2.14. The molecule has 0 unspecified atom stereocenters. The smallest absolute Gasteiger partial charge is 0.408 e. The molecule has 0 bridgehead atoms. The van der Waals surface area contributed by atoms with Crippen molar-refractivity contribution in [3.05, 3.63) is 36.5 Å². The van der Waals surface area contributed by atoms with Crippen LogP contribution in [0.4, 0.5) is 4.79 Å². The van der Waals surface area contributed by atoms with Gasteiger partial charge in [-0.1, -0.05) is 18.2 Å². The van der Waals surface area contributed by atoms with Gasteiger partial charge in [-0.05, 0) is 19.2 Å². The van der Waals surface area contributed by atoms with Gasteiger partial charge in [-0.15, -0.1) is 0 Å². The molecule has 0 spiro atoms. The minimum Gasteiger partial charge on any atom is -0.408 e. The van der Waals surface area contributed by atoms with E-state index in [1.54, 1.807) is 12.3 Å². The number of nitrogens with one attached hydrogen (secondary N) is 2. The number of para-hydroxylation sites is 1. The lowest BCUT2D eigenvalue weighted by Gasteiger charge is -2.08. The van der Waals surface area contributed by atoms with E-state index in [-0.39, 0.29) is 0 Å². The molecule has 1 aromatic heterocycles. The minimum atomic E-state index is -0.469. The van der Waals surface area contributed by atoms with E-state index in [4.69, 9.17) is 4.74 Å². The lowest BCUT2D eigenvalue weighted by atomic mass is 10.2. The van der Waals surface area contributed by atoms with Gasteiger partial charge in [0.15, 0.2) is 5.75 Å². The number of carbonyl (C=O) groups is 1. The van der Waals surface area contributed by atoms with Crippen molar-refractivity contribution >= 4 is 17.0 Å². The van der Waals surface area contributed by atoms with Crippen molar-refractivity contribution < 1.29 is 9.53 Å². The highest BCUT2D eigenvalue weighted by molar-refractivity contribution is 5.86. The minimum absolute atomic E-state index is 0.468. The Morgan fingerprint density at radius 2 is 2.11 bits per heavy atom. The summed E-state index contributed by atoms with van der Waals surface area (Å²) in [6, 6.07) is 9.26. The zero-order valence-corrected chi connectivity index (χ0v) is 10.1. The molecule has 0 aliphatic heterocycles. The molecule has 0 fully saturated rings. The van der Waals surface area contributed by atoms with E-state index in [1.807, 2.05) is 31.3 Å². The molecule has 18 heavy (non-hydrogen) atoms. The van der Waals surface area contributed by atoms with Gasteiger partial charge in [0.05, 0.1) is 0 Å². The van der Waals surface area contributed by atoms with Crippen molar-refractivity contribution in [3.8, 4) is 5.75 Å². The highest BCUT2D eigenvalue weighted by Gasteiger charge is 2.07. The molecule has 0 saturated carbocycles. The van der Waals surface area contributed by atoms with E-state index in [0.29, 0.717) is 24.4 Å². The number of rotatable bonds is 4. The molecular weight excluding hydrogens is 230 g/mol. The number of benzene rings is 1. The van der Waals surface area contributed by atoms with Gasteiger partial charge in [-0.2, -0.15) is 0 Å². The SMILES string of the molecule is CNCCNC(=O)Oc1cccc2cccnc12. The molecule has 0 radical (unpaired) electrons. The fraction of sp³-hybridized carbons (Fsp3) is 0.231. The summed E-state index contributed by atoms with van der Waals surface area (Å²) in [5, 5.41) is 6.52. The number of aromatic nitrogens is 1. The van der Waals surface area contributed by atoms with Crippen LogP contribution in [0.5, 0.6) is 5.75 Å². The Morgan fingerprint density at radius 1 is 1.28 bits per heavy atom. The Kier molecular flexibility index (Phi) is 4.09. The summed E-state index contributed by atoms with van der Waals surface area (Å²) >= 11 is 0. The van der Waals surface area contributed by atoms with Crippen molar-refractivity contribution in [1.29, 1.82) is 0 Å². The van der Waals surface area contributed by atoms with Gasteiger partial charge in [-0.3, -0.25) is 4.98 Å². The molecule has 1 heterocycles. The lowest BCUT2D eigenvalue weighted by molar-refractivity contribution is 0.201. The number of pyridine rings is 1. The predicted octanol–water partition coefficient (Wildman–Crippen LogP) is 1.54. The fourth-order valence-electron chi connectivity index (χ4n) is 1.58. The average Bonchev–Trinajstić information content (AvgIpc) is 2.39. The Bertz CT molecular complexity index is 537. The van der Waals surface area contributed by atoms with Crippen molar-refractivity contribution in [3.63, 3.8) is 0 Å². The van der Waals surface area contributed by atoms with Crippen molar-refractivity contribution in [2.24, 2.45) is 0 Å². The zero-order chi connectivity index (χ0) is 12.8. The fourth-order valence-corrected chi connectivity index (χ4v) is 1.58. The van der Waals surface area contributed by atoms with Gasteiger partial charge in [-0.25, -0.2) is 4.79 Å². The van der Waals surface area contributed by atoms with Crippen LogP contribution in [0.25, 0.3) is 10.9 Å². The third kappa shape index (κ3) is 2.95. The number of carbonyl (C=O) groups excluding carboxylic acids is 1. The standard InChI is InChI=1S/C13H15N3O2/c1-14-8-9-16-13(17)18-11-6-2-4-10-5-3-7-15-12(10)11/h2-7,14H,8-9H2,1H3,(H,16,17). The molecule has 1 aromatic carbocycles. The maximum absolute atomic E-state index is 11.5. The summed E-state index contributed by atoms with van der Waals surface area (Å²) in [7, 11) is 1.82. The van der Waals surface area contributed by atoms with Crippen molar-refractivity contribution in [1.82, 2.24) is 15.6 Å². The van der Waals surface area contributed by atoms with Crippen LogP contribution < -0.4 is 15.4 Å². The van der Waals surface area contributed by atoms with Crippen LogP contribution in [-0.2, 0) is 0 Å². The number of fused-ring (bicyclic) bond motifs is 1. The first-order valence-corrected chi connectivity index (χ1v) is 5.75. The maximum Gasteiger partial charge on any atom is 0.412 e. The molecule has 5 nitrogen and oxygen atoms in total. The summed E-state index contributed by atoms with van der Waals surface area (Å²) in [6.45, 7) is 1.22. The molecule has 2 aromatic rings. The number of ether oxygens (including phenoxy) is 1. The number of nitrogens with zero attached hydrogens (tertiary/aromatic N) is 1. The second-order valence-corrected chi connectivity index (χ2v) is 3.75. The zero-order valence-electron chi connectivity index (χ0n) is 10.1. The van der Waals surface area contributed by atoms with Crippen molar-refractivity contribution in [2.45, 2.75) is 0 Å². The number of hydrogen-bond donors (Lipinski definition) is 2. The number of hydrogen-bond acceptors (Lipinski definition) is 4. The Morgan fingerprint density at radius 3 is 2.94 bits per heavy atom. The summed E-state index contributed by atoms with van der Waals surface area (Å²) in [4.78, 5) is 15.8. The normalized spacial score (nSPS) is 10.3. The Labute approximate surface area is 105 Å². The summed E-state index contributed by atoms with van der Waals surface area (Å²) in [6.07, 6.45) is 1.21. The first-order valence-electron chi connectivity index (χ1n) is 5.75. The molecule has 5 heteroatoms. The van der Waals surface area contributed by atoms with E-state index in [2.05, 4.69) is 15.6 Å². The van der Waals surface area contributed by atoms with E-state index >= 15 is 0 Å². The van der Waals surface area contributed by atoms with Crippen LogP contribution in [0, 0.1) is 0 Å². The van der Waals surface area contributed by atoms with E-state index in [0.717, 1.165) is 5.39 Å². The van der Waals surface area contributed by atoms with Crippen LogP contribution in [0.2, 0.25) is 0 Å². The molecule has 0 aliphatic carbocycles. The largest absolute Gasteiger partial charge is 0.412 e. The Balaban J connectivity index is 2.09. The monoisotopic (exact) mass is 245 g/mol. The van der Waals surface area contributed by atoms with E-state index < -0.39 is 6.09 Å². The molecule has 1 amide bonds. The predicted molar refractivity (Wildman–Crippen MR) is 69.7 cm³/mol. The second-order valence-electron chi connectivity index (χ2n) is 3.75. The van der Waals surface area contributed by atoms with Crippen LogP contribution in [-0.4, -0.2) is 31.2 Å². The van der Waals surface area contributed by atoms with Crippen molar-refractivity contribution in [2.75, 3.05) is 20.1 Å². The van der Waals surface area contributed by atoms with Gasteiger partial charge in [0.1, 0.15) is 5.52 Å². The van der Waals surface area contributed by atoms with Gasteiger partial charge in [0.25, 0.3) is 0 Å². The highest BCUT2D eigenvalue weighted by Crippen LogP contribution is 2.22. The summed E-state index contributed by atoms with van der Waals surface area (Å²) in [5.41, 5.74) is 0.684. The third-order valence-corrected chi connectivity index (χ3v) is 2.44. The van der Waals surface area contributed by atoms with Gasteiger partial charge in [0.2, 0.25) is 0 Å². The van der Waals surface area contributed by atoms with Crippen LogP contribution in [0.15, 0.2) is 36.5 Å². The quantitative estimate of drug-likeness (QED) is 0.802. The summed E-state index contributed by atoms with van der Waals surface area (Å²) in [5.74, 6) is 0.468. The first kappa shape index (κ1) is 12.3. The number of amides is 1. The second kappa shape index (κ2) is 5.97. The lowest BCUT2D eigenvalue weighted by Crippen LogP contribution is -2.32. The average molecular weight is 245 g/mol. The van der Waals surface area contributed by atoms with E-state index in [1.165, 1.54) is 0 Å². The topological polar surface area (TPSA) is 63.2 Å². The van der Waals surface area contributed by atoms with Gasteiger partial charge in [0, 0.05) is 24.7 Å². The molecule has 94 valence electrons. The van der Waals surface area contributed by atoms with E-state index in [9.17, 15) is 4.79 Å². The van der Waals surface area contributed by atoms with Gasteiger partial charge < -0.3 is 15.4 Å². The van der Waals surface area contributed by atoms with Crippen LogP contribution >= 0.6 is 0 Å². The molecule has 0 aliphatic rings. The maximum atomic E-state index is 11.5. The van der Waals surface area contributed by atoms with Gasteiger partial charge >= 0.3 is 6.09 Å².